The third-order valence-electron chi connectivity index (χ3n) is 7.23. The van der Waals surface area contributed by atoms with Gasteiger partial charge in [-0.2, -0.15) is 0 Å². The van der Waals surface area contributed by atoms with E-state index in [1.54, 1.807) is 0 Å². The van der Waals surface area contributed by atoms with E-state index in [1.165, 1.54) is 25.0 Å². The monoisotopic (exact) mass is 474 g/mol. The first-order valence-electron chi connectivity index (χ1n) is 13.2. The molecule has 0 aromatic heterocycles. The van der Waals surface area contributed by atoms with E-state index in [0.29, 0.717) is 28.9 Å². The highest BCUT2D eigenvalue weighted by Gasteiger charge is 2.17. The van der Waals surface area contributed by atoms with Crippen molar-refractivity contribution in [2.75, 3.05) is 0 Å². The summed E-state index contributed by atoms with van der Waals surface area (Å²) in [6, 6.07) is 0. The number of halogens is 2. The zero-order valence-corrected chi connectivity index (χ0v) is 23.4. The minimum atomic E-state index is -0.585. The first-order valence-corrected chi connectivity index (χ1v) is 13.2. The molecule has 4 unspecified atom stereocenters. The number of hydrogen-bond acceptors (Lipinski definition) is 0. The fourth-order valence-electron chi connectivity index (χ4n) is 3.70. The molecule has 0 aromatic rings. The van der Waals surface area contributed by atoms with E-state index in [9.17, 15) is 8.78 Å². The van der Waals surface area contributed by atoms with Crippen molar-refractivity contribution in [2.24, 2.45) is 35.5 Å². The summed E-state index contributed by atoms with van der Waals surface area (Å²) in [5.74, 6) is 1.75. The number of allylic oxidation sites excluding steroid dienone is 8. The van der Waals surface area contributed by atoms with Gasteiger partial charge in [0.25, 0.3) is 0 Å². The van der Waals surface area contributed by atoms with Gasteiger partial charge in [0.05, 0.1) is 0 Å². The summed E-state index contributed by atoms with van der Waals surface area (Å²) in [5, 5.41) is 0. The molecule has 0 nitrogen and oxygen atoms in total. The van der Waals surface area contributed by atoms with Crippen molar-refractivity contribution in [1.82, 2.24) is 0 Å². The van der Waals surface area contributed by atoms with E-state index in [-0.39, 0.29) is 23.0 Å². The molecule has 194 valence electrons. The summed E-state index contributed by atoms with van der Waals surface area (Å²) < 4.78 is 29.6. The molecule has 4 atom stereocenters. The van der Waals surface area contributed by atoms with Gasteiger partial charge in [-0.25, -0.2) is 8.78 Å². The summed E-state index contributed by atoms with van der Waals surface area (Å²) in [6.07, 6.45) is 9.27. The van der Waals surface area contributed by atoms with Gasteiger partial charge in [0.15, 0.2) is 0 Å². The van der Waals surface area contributed by atoms with Gasteiger partial charge < -0.3 is 0 Å². The topological polar surface area (TPSA) is 0 Å². The fraction of sp³-hybridized carbons (Fsp3) is 0.625. The normalized spacial score (nSPS) is 16.4. The van der Waals surface area contributed by atoms with Gasteiger partial charge in [-0.1, -0.05) is 101 Å². The van der Waals surface area contributed by atoms with Crippen molar-refractivity contribution in [3.63, 3.8) is 0 Å². The van der Waals surface area contributed by atoms with E-state index in [4.69, 9.17) is 0 Å². The Kier molecular flexibility index (Phi) is 15.3. The third kappa shape index (κ3) is 12.7. The Morgan fingerprint density at radius 2 is 0.824 bits per heavy atom. The highest BCUT2D eigenvalue weighted by atomic mass is 19.1. The Morgan fingerprint density at radius 3 is 1.18 bits per heavy atom. The molecule has 0 fully saturated rings. The van der Waals surface area contributed by atoms with Crippen LogP contribution in [-0.2, 0) is 0 Å². The number of hydrogen-bond donors (Lipinski definition) is 0. The van der Waals surface area contributed by atoms with E-state index < -0.39 is 11.7 Å². The molecular weight excluding hydrogens is 422 g/mol. The smallest absolute Gasteiger partial charge is 0.130 e. The zero-order chi connectivity index (χ0) is 26.6. The van der Waals surface area contributed by atoms with Crippen LogP contribution in [0.3, 0.4) is 0 Å². The quantitative estimate of drug-likeness (QED) is 0.184. The van der Waals surface area contributed by atoms with Crippen LogP contribution in [-0.4, -0.2) is 0 Å². The summed E-state index contributed by atoms with van der Waals surface area (Å²) >= 11 is 0. The van der Waals surface area contributed by atoms with Crippen LogP contribution in [0.4, 0.5) is 8.78 Å². The molecular formula is C32H52F2. The predicted molar refractivity (Wildman–Crippen MR) is 149 cm³/mol. The van der Waals surface area contributed by atoms with E-state index >= 15 is 0 Å². The van der Waals surface area contributed by atoms with Crippen LogP contribution in [0.15, 0.2) is 72.4 Å². The summed E-state index contributed by atoms with van der Waals surface area (Å²) in [7, 11) is 0. The minimum absolute atomic E-state index is 0.0413. The fourth-order valence-corrected chi connectivity index (χ4v) is 3.70. The van der Waals surface area contributed by atoms with Gasteiger partial charge in [0, 0.05) is 11.1 Å². The summed E-state index contributed by atoms with van der Waals surface area (Å²) in [4.78, 5) is 0. The Balaban J connectivity index is 4.92. The van der Waals surface area contributed by atoms with Crippen LogP contribution in [0.5, 0.6) is 0 Å². The second-order valence-corrected chi connectivity index (χ2v) is 11.4. The molecule has 0 saturated heterocycles. The second-order valence-electron chi connectivity index (χ2n) is 11.4. The lowest BCUT2D eigenvalue weighted by Crippen LogP contribution is -2.11. The maximum absolute atomic E-state index is 14.9. The molecule has 0 aliphatic heterocycles. The van der Waals surface area contributed by atoms with E-state index in [2.05, 4.69) is 74.8 Å². The SMILES string of the molecule is C=C(C(=C)/C(F)=C\C(=C)C(C)CCC(C)C(C)CCC(C)C)/C(F)=C\C(=C)C(C)CCC(C)C. The zero-order valence-electron chi connectivity index (χ0n) is 23.4. The first-order chi connectivity index (χ1) is 15.7. The molecule has 0 N–H and O–H groups in total. The lowest BCUT2D eigenvalue weighted by atomic mass is 9.83. The van der Waals surface area contributed by atoms with E-state index in [1.807, 2.05) is 6.92 Å². The maximum Gasteiger partial charge on any atom is 0.130 e. The highest BCUT2D eigenvalue weighted by Crippen LogP contribution is 2.31. The Morgan fingerprint density at radius 1 is 0.529 bits per heavy atom. The largest absolute Gasteiger partial charge is 0.206 e. The molecule has 0 aliphatic rings. The van der Waals surface area contributed by atoms with Crippen molar-refractivity contribution in [1.29, 1.82) is 0 Å². The maximum atomic E-state index is 14.9. The molecule has 0 heterocycles. The van der Waals surface area contributed by atoms with Gasteiger partial charge in [0.2, 0.25) is 0 Å². The highest BCUT2D eigenvalue weighted by molar-refractivity contribution is 5.51. The molecule has 0 bridgehead atoms. The lowest BCUT2D eigenvalue weighted by molar-refractivity contribution is 0.306. The molecule has 0 amide bonds. The average molecular weight is 475 g/mol. The van der Waals surface area contributed by atoms with Crippen LogP contribution in [0.2, 0.25) is 0 Å². The van der Waals surface area contributed by atoms with Crippen molar-refractivity contribution >= 4 is 0 Å². The van der Waals surface area contributed by atoms with Crippen molar-refractivity contribution < 1.29 is 8.78 Å². The van der Waals surface area contributed by atoms with Crippen molar-refractivity contribution in [3.05, 3.63) is 72.4 Å². The van der Waals surface area contributed by atoms with Gasteiger partial charge in [-0.15, -0.1) is 0 Å². The van der Waals surface area contributed by atoms with Gasteiger partial charge >= 0.3 is 0 Å². The summed E-state index contributed by atoms with van der Waals surface area (Å²) in [5.41, 5.74) is 1.30. The van der Waals surface area contributed by atoms with Crippen LogP contribution >= 0.6 is 0 Å². The molecule has 0 aliphatic carbocycles. The molecule has 34 heavy (non-hydrogen) atoms. The minimum Gasteiger partial charge on any atom is -0.206 e. The molecule has 0 spiro atoms. The van der Waals surface area contributed by atoms with Crippen molar-refractivity contribution in [2.45, 2.75) is 93.9 Å². The van der Waals surface area contributed by atoms with Gasteiger partial charge in [-0.3, -0.25) is 0 Å². The van der Waals surface area contributed by atoms with E-state index in [0.717, 1.165) is 31.6 Å². The second kappa shape index (κ2) is 16.1. The third-order valence-corrected chi connectivity index (χ3v) is 7.23. The standard InChI is InChI=1S/C32H52F2/c1-21(2)13-15-23(5)24(6)17-18-26(8)28(10)20-32(34)30(12)29(11)31(33)19-27(9)25(7)16-14-22(3)4/h19-26H,9-18H2,1-8H3/b31-19+,32-20+. The van der Waals surface area contributed by atoms with Gasteiger partial charge in [-0.05, 0) is 78.1 Å². The lowest BCUT2D eigenvalue weighted by Gasteiger charge is -2.22. The van der Waals surface area contributed by atoms with Crippen LogP contribution in [0.1, 0.15) is 93.9 Å². The average Bonchev–Trinajstić information content (AvgIpc) is 2.77. The molecule has 0 aromatic carbocycles. The Hall–Kier alpha value is -1.70. The van der Waals surface area contributed by atoms with Gasteiger partial charge in [0.1, 0.15) is 11.7 Å². The van der Waals surface area contributed by atoms with Crippen LogP contribution in [0, 0.1) is 35.5 Å². The Bertz CT molecular complexity index is 747. The molecule has 0 radical (unpaired) electrons. The summed E-state index contributed by atoms with van der Waals surface area (Å²) in [6.45, 7) is 33.1. The van der Waals surface area contributed by atoms with Crippen molar-refractivity contribution in [3.8, 4) is 0 Å². The van der Waals surface area contributed by atoms with Crippen LogP contribution in [0.25, 0.3) is 0 Å². The molecule has 2 heteroatoms. The van der Waals surface area contributed by atoms with Crippen LogP contribution < -0.4 is 0 Å². The Labute approximate surface area is 210 Å². The molecule has 0 saturated carbocycles. The predicted octanol–water partition coefficient (Wildman–Crippen LogP) is 11.1. The first kappa shape index (κ1) is 32.3. The number of rotatable bonds is 17. The molecule has 0 rings (SSSR count).